The summed E-state index contributed by atoms with van der Waals surface area (Å²) < 4.78 is 10.6. The Hall–Kier alpha value is -4.46. The van der Waals surface area contributed by atoms with Gasteiger partial charge in [-0.05, 0) is 40.3 Å². The van der Waals surface area contributed by atoms with Gasteiger partial charge in [-0.1, -0.05) is 74.5 Å². The summed E-state index contributed by atoms with van der Waals surface area (Å²) in [6.07, 6.45) is 0. The fourth-order valence-corrected chi connectivity index (χ4v) is 6.81. The minimum absolute atomic E-state index is 0.265. The minimum atomic E-state index is -1.14. The van der Waals surface area contributed by atoms with E-state index in [1.807, 2.05) is 48.5 Å². The lowest BCUT2D eigenvalue weighted by Gasteiger charge is -2.45. The number of methoxy groups -OCH3 is 1. The molecule has 8 heteroatoms. The summed E-state index contributed by atoms with van der Waals surface area (Å²) in [6.45, 7) is 2.97. The molecule has 0 saturated carbocycles. The van der Waals surface area contributed by atoms with Crippen molar-refractivity contribution in [2.24, 2.45) is 17.8 Å². The zero-order chi connectivity index (χ0) is 28.1. The van der Waals surface area contributed by atoms with Gasteiger partial charge in [0.2, 0.25) is 11.8 Å². The third-order valence-electron chi connectivity index (χ3n) is 8.36. The van der Waals surface area contributed by atoms with Crippen LogP contribution in [0, 0.1) is 17.8 Å². The van der Waals surface area contributed by atoms with Gasteiger partial charge in [-0.3, -0.25) is 19.3 Å². The molecule has 1 N–H and O–H groups in total. The fourth-order valence-electron chi connectivity index (χ4n) is 6.81. The number of likely N-dealkylation sites (tertiary alicyclic amines) is 1. The molecule has 0 radical (unpaired) electrons. The van der Waals surface area contributed by atoms with Crippen molar-refractivity contribution >= 4 is 29.4 Å². The van der Waals surface area contributed by atoms with Crippen LogP contribution in [0.5, 0.6) is 5.75 Å². The molecule has 2 bridgehead atoms. The Morgan fingerprint density at radius 2 is 1.27 bits per heavy atom. The van der Waals surface area contributed by atoms with Crippen molar-refractivity contribution in [2.75, 3.05) is 19.0 Å². The zero-order valence-corrected chi connectivity index (χ0v) is 22.5. The van der Waals surface area contributed by atoms with E-state index in [0.717, 1.165) is 27.2 Å². The highest BCUT2D eigenvalue weighted by atomic mass is 16.5. The molecule has 8 nitrogen and oxygen atoms in total. The van der Waals surface area contributed by atoms with E-state index in [2.05, 4.69) is 5.32 Å². The molecule has 1 heterocycles. The number of para-hydroxylation sites is 2. The Morgan fingerprint density at radius 1 is 0.800 bits per heavy atom. The first-order valence-electron chi connectivity index (χ1n) is 13.5. The molecule has 204 valence electrons. The molecule has 1 fully saturated rings. The Morgan fingerprint density at radius 3 is 1.75 bits per heavy atom. The second-order valence-corrected chi connectivity index (χ2v) is 10.9. The van der Waals surface area contributed by atoms with Crippen molar-refractivity contribution in [2.45, 2.75) is 31.7 Å². The van der Waals surface area contributed by atoms with Crippen LogP contribution in [0.2, 0.25) is 0 Å². The summed E-state index contributed by atoms with van der Waals surface area (Å²) in [4.78, 5) is 55.2. The van der Waals surface area contributed by atoms with Crippen LogP contribution in [-0.4, -0.2) is 48.3 Å². The Labute approximate surface area is 232 Å². The number of esters is 1. The Kier molecular flexibility index (Phi) is 6.41. The minimum Gasteiger partial charge on any atom is -0.495 e. The van der Waals surface area contributed by atoms with Crippen molar-refractivity contribution < 1.29 is 28.7 Å². The first kappa shape index (κ1) is 25.8. The zero-order valence-electron chi connectivity index (χ0n) is 22.5. The summed E-state index contributed by atoms with van der Waals surface area (Å²) in [6, 6.07) is 21.7. The van der Waals surface area contributed by atoms with Gasteiger partial charge < -0.3 is 14.8 Å². The van der Waals surface area contributed by atoms with E-state index in [9.17, 15) is 19.2 Å². The highest BCUT2D eigenvalue weighted by molar-refractivity contribution is 6.10. The number of carbonyl (C=O) groups excluding carboxylic acids is 4. The quantitative estimate of drug-likeness (QED) is 0.359. The van der Waals surface area contributed by atoms with E-state index < -0.39 is 42.3 Å². The number of ether oxygens (including phenoxy) is 2. The number of hydrogen-bond donors (Lipinski definition) is 1. The molecular formula is C32H30N2O6. The first-order valence-corrected chi connectivity index (χ1v) is 13.5. The van der Waals surface area contributed by atoms with Crippen LogP contribution in [0.3, 0.4) is 0 Å². The molecule has 4 aliphatic rings. The van der Waals surface area contributed by atoms with Crippen LogP contribution in [0.1, 0.15) is 47.9 Å². The second-order valence-electron chi connectivity index (χ2n) is 10.9. The number of hydrogen-bond acceptors (Lipinski definition) is 6. The van der Waals surface area contributed by atoms with Crippen molar-refractivity contribution in [3.8, 4) is 5.75 Å². The number of nitrogens with one attached hydrogen (secondary N) is 1. The van der Waals surface area contributed by atoms with Gasteiger partial charge >= 0.3 is 5.97 Å². The van der Waals surface area contributed by atoms with Gasteiger partial charge in [0, 0.05) is 11.8 Å². The summed E-state index contributed by atoms with van der Waals surface area (Å²) in [5, 5.41) is 2.66. The summed E-state index contributed by atoms with van der Waals surface area (Å²) in [5.41, 5.74) is 4.69. The molecule has 3 atom stereocenters. The van der Waals surface area contributed by atoms with E-state index in [0.29, 0.717) is 11.4 Å². The van der Waals surface area contributed by atoms with E-state index in [4.69, 9.17) is 9.47 Å². The smallest absolute Gasteiger partial charge is 0.330 e. The SMILES string of the molecule is COc1ccccc1NC(=O)COC(=O)[C@H](C(C)C)N1C(=O)[C@@H]2C3c4ccccc4C(c4ccccc43)[C@H]2C1=O. The number of rotatable bonds is 7. The molecule has 3 aromatic carbocycles. The first-order chi connectivity index (χ1) is 19.3. The van der Waals surface area contributed by atoms with Gasteiger partial charge in [-0.25, -0.2) is 4.79 Å². The summed E-state index contributed by atoms with van der Waals surface area (Å²) >= 11 is 0. The molecule has 40 heavy (non-hydrogen) atoms. The van der Waals surface area contributed by atoms with Gasteiger partial charge in [0.15, 0.2) is 6.61 Å². The number of anilines is 1. The molecule has 7 rings (SSSR count). The second kappa shape index (κ2) is 9.93. The van der Waals surface area contributed by atoms with Crippen molar-refractivity contribution in [3.05, 3.63) is 95.1 Å². The van der Waals surface area contributed by atoms with Crippen LogP contribution in [0.4, 0.5) is 5.69 Å². The Bertz CT molecular complexity index is 1420. The number of amides is 3. The summed E-state index contributed by atoms with van der Waals surface area (Å²) in [5.74, 6) is -3.72. The molecule has 3 aromatic rings. The van der Waals surface area contributed by atoms with E-state index >= 15 is 0 Å². The van der Waals surface area contributed by atoms with Crippen LogP contribution >= 0.6 is 0 Å². The normalized spacial score (nSPS) is 22.9. The average molecular weight is 539 g/mol. The van der Waals surface area contributed by atoms with Crippen LogP contribution < -0.4 is 10.1 Å². The number of nitrogens with zero attached hydrogens (tertiary/aromatic N) is 1. The van der Waals surface area contributed by atoms with E-state index in [1.165, 1.54) is 7.11 Å². The fraction of sp³-hybridized carbons (Fsp3) is 0.312. The molecule has 1 aliphatic heterocycles. The molecule has 0 aromatic heterocycles. The average Bonchev–Trinajstić information content (AvgIpc) is 3.22. The Balaban J connectivity index is 1.26. The third-order valence-corrected chi connectivity index (χ3v) is 8.36. The van der Waals surface area contributed by atoms with Crippen LogP contribution in [0.15, 0.2) is 72.8 Å². The molecule has 3 amide bonds. The van der Waals surface area contributed by atoms with Gasteiger partial charge in [0.05, 0.1) is 24.6 Å². The van der Waals surface area contributed by atoms with Crippen molar-refractivity contribution in [1.29, 1.82) is 0 Å². The molecule has 0 unspecified atom stereocenters. The number of benzene rings is 3. The molecule has 3 aliphatic carbocycles. The lowest BCUT2D eigenvalue weighted by molar-refractivity contribution is -0.162. The highest BCUT2D eigenvalue weighted by Crippen LogP contribution is 2.61. The monoisotopic (exact) mass is 538 g/mol. The maximum Gasteiger partial charge on any atom is 0.330 e. The molecule has 1 saturated heterocycles. The third kappa shape index (κ3) is 3.89. The standard InChI is InChI=1S/C32H30N2O6/c1-17(2)29(32(38)40-16-24(35)33-22-14-8-9-15-23(22)39-3)34-30(36)27-25-18-10-4-5-11-19(18)26(28(27)31(34)37)21-13-7-6-12-20(21)25/h4-15,17,25-29H,16H2,1-3H3,(H,33,35)/t25?,26?,27-,28-,29+/m1/s1. The highest BCUT2D eigenvalue weighted by Gasteiger charge is 2.63. The maximum atomic E-state index is 14.1. The lowest BCUT2D eigenvalue weighted by Crippen LogP contribution is -2.49. The predicted molar refractivity (Wildman–Crippen MR) is 147 cm³/mol. The van der Waals surface area contributed by atoms with E-state index in [-0.39, 0.29) is 23.7 Å². The number of imide groups is 1. The lowest BCUT2D eigenvalue weighted by atomic mass is 9.55. The van der Waals surface area contributed by atoms with Gasteiger partial charge in [-0.2, -0.15) is 0 Å². The van der Waals surface area contributed by atoms with Gasteiger partial charge in [-0.15, -0.1) is 0 Å². The van der Waals surface area contributed by atoms with Crippen LogP contribution in [-0.2, 0) is 23.9 Å². The van der Waals surface area contributed by atoms with Crippen LogP contribution in [0.25, 0.3) is 0 Å². The summed E-state index contributed by atoms with van der Waals surface area (Å²) in [7, 11) is 1.49. The van der Waals surface area contributed by atoms with Gasteiger partial charge in [0.25, 0.3) is 5.91 Å². The largest absolute Gasteiger partial charge is 0.495 e. The van der Waals surface area contributed by atoms with E-state index in [1.54, 1.807) is 38.1 Å². The van der Waals surface area contributed by atoms with Crippen molar-refractivity contribution in [1.82, 2.24) is 4.90 Å². The maximum absolute atomic E-state index is 14.1. The topological polar surface area (TPSA) is 102 Å². The molecule has 0 spiro atoms. The number of carbonyl (C=O) groups is 4. The van der Waals surface area contributed by atoms with Crippen molar-refractivity contribution in [3.63, 3.8) is 0 Å². The molecular weight excluding hydrogens is 508 g/mol. The van der Waals surface area contributed by atoms with Gasteiger partial charge in [0.1, 0.15) is 11.8 Å². The predicted octanol–water partition coefficient (Wildman–Crippen LogP) is 4.09.